The molecule has 3 rings (SSSR count). The van der Waals surface area contributed by atoms with Crippen LogP contribution in [-0.4, -0.2) is 16.8 Å². The standard InChI is InChI=1S/C20H18O5S/c1-13-2-5-16(6-3-13)26-9-8-19(22)24-12-14-10-20(23)25-18-11-15(21)4-7-17(14)18/h2-7,10-11,21H,8-9,12H2,1H3. The van der Waals surface area contributed by atoms with Crippen LogP contribution in [0.3, 0.4) is 0 Å². The molecule has 3 aromatic rings. The van der Waals surface area contributed by atoms with Crippen molar-refractivity contribution in [3.63, 3.8) is 0 Å². The highest BCUT2D eigenvalue weighted by molar-refractivity contribution is 7.99. The number of ether oxygens (including phenoxy) is 1. The lowest BCUT2D eigenvalue weighted by Crippen LogP contribution is -2.08. The number of fused-ring (bicyclic) bond motifs is 1. The van der Waals surface area contributed by atoms with Gasteiger partial charge in [-0.15, -0.1) is 11.8 Å². The van der Waals surface area contributed by atoms with E-state index in [0.717, 1.165) is 4.90 Å². The molecule has 5 nitrogen and oxygen atoms in total. The first-order chi connectivity index (χ1) is 12.5. The minimum Gasteiger partial charge on any atom is -0.508 e. The summed E-state index contributed by atoms with van der Waals surface area (Å²) in [7, 11) is 0. The number of phenols is 1. The predicted octanol–water partition coefficient (Wildman–Crippen LogP) is 4.03. The van der Waals surface area contributed by atoms with E-state index in [1.807, 2.05) is 31.2 Å². The third-order valence-electron chi connectivity index (χ3n) is 3.80. The van der Waals surface area contributed by atoms with E-state index in [2.05, 4.69) is 0 Å². The third-order valence-corrected chi connectivity index (χ3v) is 4.81. The van der Waals surface area contributed by atoms with Gasteiger partial charge in [0.15, 0.2) is 0 Å². The lowest BCUT2D eigenvalue weighted by molar-refractivity contribution is -0.144. The molecule has 0 spiro atoms. The van der Waals surface area contributed by atoms with Crippen molar-refractivity contribution in [1.29, 1.82) is 0 Å². The summed E-state index contributed by atoms with van der Waals surface area (Å²) in [5.74, 6) is 0.292. The number of rotatable bonds is 6. The molecule has 1 aromatic heterocycles. The first-order valence-electron chi connectivity index (χ1n) is 8.12. The van der Waals surface area contributed by atoms with E-state index in [9.17, 15) is 14.7 Å². The largest absolute Gasteiger partial charge is 0.508 e. The summed E-state index contributed by atoms with van der Waals surface area (Å²) in [5.41, 5.74) is 1.46. The average Bonchev–Trinajstić information content (AvgIpc) is 2.61. The van der Waals surface area contributed by atoms with Gasteiger partial charge in [-0.3, -0.25) is 4.79 Å². The first-order valence-corrected chi connectivity index (χ1v) is 9.11. The van der Waals surface area contributed by atoms with E-state index in [1.54, 1.807) is 17.8 Å². The number of carbonyl (C=O) groups is 1. The minimum atomic E-state index is -0.552. The van der Waals surface area contributed by atoms with Crippen LogP contribution in [0.15, 0.2) is 62.6 Å². The monoisotopic (exact) mass is 370 g/mol. The molecule has 2 aromatic carbocycles. The number of benzene rings is 2. The first kappa shape index (κ1) is 18.1. The SMILES string of the molecule is Cc1ccc(SCCC(=O)OCc2cc(=O)oc3cc(O)ccc23)cc1. The predicted molar refractivity (Wildman–Crippen MR) is 100 cm³/mol. The zero-order valence-electron chi connectivity index (χ0n) is 14.2. The van der Waals surface area contributed by atoms with E-state index >= 15 is 0 Å². The third kappa shape index (κ3) is 4.67. The highest BCUT2D eigenvalue weighted by Crippen LogP contribution is 2.23. The molecule has 0 bridgehead atoms. The molecule has 0 saturated carbocycles. The summed E-state index contributed by atoms with van der Waals surface area (Å²) in [6.45, 7) is 2.02. The summed E-state index contributed by atoms with van der Waals surface area (Å²) in [6.07, 6.45) is 0.276. The van der Waals surface area contributed by atoms with E-state index in [1.165, 1.54) is 23.8 Å². The summed E-state index contributed by atoms with van der Waals surface area (Å²) >= 11 is 1.59. The van der Waals surface area contributed by atoms with Gasteiger partial charge in [0.25, 0.3) is 0 Å². The molecule has 1 N–H and O–H groups in total. The Morgan fingerprint density at radius 1 is 1.15 bits per heavy atom. The molecule has 0 unspecified atom stereocenters. The molecule has 0 aliphatic carbocycles. The van der Waals surface area contributed by atoms with Crippen LogP contribution >= 0.6 is 11.8 Å². The lowest BCUT2D eigenvalue weighted by atomic mass is 10.1. The zero-order chi connectivity index (χ0) is 18.5. The number of phenolic OH excluding ortho intramolecular Hbond substituents is 1. The Kier molecular flexibility index (Phi) is 5.63. The maximum Gasteiger partial charge on any atom is 0.336 e. The van der Waals surface area contributed by atoms with Crippen LogP contribution in [0.1, 0.15) is 17.5 Å². The van der Waals surface area contributed by atoms with Crippen LogP contribution in [0.25, 0.3) is 11.0 Å². The van der Waals surface area contributed by atoms with Gasteiger partial charge in [0.2, 0.25) is 0 Å². The highest BCUT2D eigenvalue weighted by Gasteiger charge is 2.10. The van der Waals surface area contributed by atoms with Crippen LogP contribution in [-0.2, 0) is 16.1 Å². The van der Waals surface area contributed by atoms with Crippen molar-refractivity contribution in [2.24, 2.45) is 0 Å². The van der Waals surface area contributed by atoms with Crippen LogP contribution in [0, 0.1) is 6.92 Å². The van der Waals surface area contributed by atoms with Gasteiger partial charge in [-0.05, 0) is 31.2 Å². The van der Waals surface area contributed by atoms with Crippen molar-refractivity contribution >= 4 is 28.7 Å². The Morgan fingerprint density at radius 2 is 1.92 bits per heavy atom. The fourth-order valence-electron chi connectivity index (χ4n) is 2.46. The fraction of sp³-hybridized carbons (Fsp3) is 0.200. The number of esters is 1. The Labute approximate surface area is 154 Å². The van der Waals surface area contributed by atoms with Crippen molar-refractivity contribution < 1.29 is 19.1 Å². The van der Waals surface area contributed by atoms with Crippen LogP contribution < -0.4 is 5.63 Å². The molecule has 0 saturated heterocycles. The topological polar surface area (TPSA) is 76.7 Å². The Morgan fingerprint density at radius 3 is 2.69 bits per heavy atom. The average molecular weight is 370 g/mol. The maximum atomic E-state index is 12.0. The quantitative estimate of drug-likeness (QED) is 0.401. The zero-order valence-corrected chi connectivity index (χ0v) is 15.0. The highest BCUT2D eigenvalue weighted by atomic mass is 32.2. The molecule has 0 aliphatic heterocycles. The molecule has 0 fully saturated rings. The van der Waals surface area contributed by atoms with Gasteiger partial charge >= 0.3 is 11.6 Å². The number of thioether (sulfide) groups is 1. The van der Waals surface area contributed by atoms with E-state index in [4.69, 9.17) is 9.15 Å². The van der Waals surface area contributed by atoms with Crippen molar-refractivity contribution in [2.45, 2.75) is 24.8 Å². The van der Waals surface area contributed by atoms with Crippen LogP contribution in [0.5, 0.6) is 5.75 Å². The van der Waals surface area contributed by atoms with Crippen LogP contribution in [0.4, 0.5) is 0 Å². The second-order valence-corrected chi connectivity index (χ2v) is 7.01. The Hall–Kier alpha value is -2.73. The Bertz CT molecular complexity index is 976. The van der Waals surface area contributed by atoms with Gasteiger partial charge in [-0.25, -0.2) is 4.79 Å². The second kappa shape index (κ2) is 8.10. The fourth-order valence-corrected chi connectivity index (χ4v) is 3.29. The number of aryl methyl sites for hydroxylation is 1. The smallest absolute Gasteiger partial charge is 0.336 e. The molecule has 1 heterocycles. The van der Waals surface area contributed by atoms with Gasteiger partial charge in [-0.2, -0.15) is 0 Å². The summed E-state index contributed by atoms with van der Waals surface area (Å²) < 4.78 is 10.3. The molecule has 0 atom stereocenters. The number of hydrogen-bond donors (Lipinski definition) is 1. The Balaban J connectivity index is 1.57. The maximum absolute atomic E-state index is 12.0. The molecule has 0 amide bonds. The van der Waals surface area contributed by atoms with E-state index < -0.39 is 5.63 Å². The van der Waals surface area contributed by atoms with Crippen molar-refractivity contribution in [3.05, 3.63) is 70.1 Å². The lowest BCUT2D eigenvalue weighted by Gasteiger charge is -2.07. The summed E-state index contributed by atoms with van der Waals surface area (Å²) in [4.78, 5) is 24.7. The van der Waals surface area contributed by atoms with E-state index in [0.29, 0.717) is 16.7 Å². The van der Waals surface area contributed by atoms with Gasteiger partial charge in [0.1, 0.15) is 17.9 Å². The van der Waals surface area contributed by atoms with Gasteiger partial charge in [0.05, 0.1) is 6.42 Å². The second-order valence-electron chi connectivity index (χ2n) is 5.84. The molecule has 134 valence electrons. The number of aromatic hydroxyl groups is 1. The molecule has 26 heavy (non-hydrogen) atoms. The molecular weight excluding hydrogens is 352 g/mol. The van der Waals surface area contributed by atoms with Gasteiger partial charge in [0, 0.05) is 33.7 Å². The molecule has 0 aliphatic rings. The summed E-state index contributed by atoms with van der Waals surface area (Å²) in [6, 6.07) is 13.9. The number of hydrogen-bond acceptors (Lipinski definition) is 6. The van der Waals surface area contributed by atoms with Crippen molar-refractivity contribution in [3.8, 4) is 5.75 Å². The van der Waals surface area contributed by atoms with Crippen LogP contribution in [0.2, 0.25) is 0 Å². The molecular formula is C20H18O5S. The van der Waals surface area contributed by atoms with Crippen molar-refractivity contribution in [2.75, 3.05) is 5.75 Å². The minimum absolute atomic E-state index is 0.00271. The molecule has 6 heteroatoms. The summed E-state index contributed by atoms with van der Waals surface area (Å²) in [5, 5.41) is 10.1. The number of carbonyl (C=O) groups excluding carboxylic acids is 1. The van der Waals surface area contributed by atoms with Gasteiger partial charge in [-0.1, -0.05) is 17.7 Å². The molecule has 0 radical (unpaired) electrons. The van der Waals surface area contributed by atoms with Gasteiger partial charge < -0.3 is 14.3 Å². The van der Waals surface area contributed by atoms with Crippen molar-refractivity contribution in [1.82, 2.24) is 0 Å². The van der Waals surface area contributed by atoms with E-state index in [-0.39, 0.29) is 30.3 Å². The normalized spacial score (nSPS) is 10.8.